The first kappa shape index (κ1) is 17.2. The monoisotopic (exact) mass is 317 g/mol. The van der Waals surface area contributed by atoms with Crippen LogP contribution in [0.1, 0.15) is 52.4 Å². The molecule has 0 spiro atoms. The van der Waals surface area contributed by atoms with Crippen LogP contribution in [0.25, 0.3) is 0 Å². The van der Waals surface area contributed by atoms with Gasteiger partial charge in [-0.25, -0.2) is 0 Å². The fraction of sp³-hybridized carbons (Fsp3) is 1.00. The molecule has 0 bridgehead atoms. The van der Waals surface area contributed by atoms with E-state index in [9.17, 15) is 8.42 Å². The number of hydrogen-bond acceptors (Lipinski definition) is 3. The summed E-state index contributed by atoms with van der Waals surface area (Å²) in [6.45, 7) is 6.42. The van der Waals surface area contributed by atoms with Crippen molar-refractivity contribution in [3.8, 4) is 0 Å². The van der Waals surface area contributed by atoms with Crippen molar-refractivity contribution in [2.24, 2.45) is 5.92 Å². The van der Waals surface area contributed by atoms with E-state index in [-0.39, 0.29) is 12.1 Å². The second-order valence-corrected chi connectivity index (χ2v) is 8.68. The van der Waals surface area contributed by atoms with Crippen molar-refractivity contribution < 1.29 is 8.42 Å². The average molecular weight is 317 g/mol. The fourth-order valence-electron chi connectivity index (χ4n) is 3.09. The van der Waals surface area contributed by atoms with Gasteiger partial charge in [0.2, 0.25) is 0 Å². The summed E-state index contributed by atoms with van der Waals surface area (Å²) >= 11 is 0. The second-order valence-electron chi connectivity index (χ2n) is 6.85. The Kier molecular flexibility index (Phi) is 6.05. The Labute approximate surface area is 130 Å². The Bertz CT molecular complexity index is 419. The molecular formula is C15H31N3O2S. The quantitative estimate of drug-likeness (QED) is 0.743. The van der Waals surface area contributed by atoms with Crippen LogP contribution in [0.15, 0.2) is 0 Å². The first-order valence-corrected chi connectivity index (χ1v) is 9.79. The van der Waals surface area contributed by atoms with Gasteiger partial charge in [0.15, 0.2) is 0 Å². The van der Waals surface area contributed by atoms with Crippen LogP contribution < -0.4 is 5.32 Å². The third-order valence-corrected chi connectivity index (χ3v) is 6.63. The minimum absolute atomic E-state index is 0.119. The molecule has 1 N–H and O–H groups in total. The molecule has 2 rings (SSSR count). The topological polar surface area (TPSA) is 52.7 Å². The number of hydrogen-bond donors (Lipinski definition) is 1. The zero-order chi connectivity index (χ0) is 15.5. The van der Waals surface area contributed by atoms with Crippen LogP contribution in [0, 0.1) is 5.92 Å². The zero-order valence-corrected chi connectivity index (χ0v) is 14.5. The predicted octanol–water partition coefficient (Wildman–Crippen LogP) is 1.82. The normalized spacial score (nSPS) is 24.9. The van der Waals surface area contributed by atoms with Gasteiger partial charge in [-0.15, -0.1) is 0 Å². The van der Waals surface area contributed by atoms with Crippen LogP contribution in [0.5, 0.6) is 0 Å². The van der Waals surface area contributed by atoms with Crippen molar-refractivity contribution in [2.45, 2.75) is 64.5 Å². The number of rotatable bonds is 8. The van der Waals surface area contributed by atoms with Gasteiger partial charge in [0.05, 0.1) is 0 Å². The summed E-state index contributed by atoms with van der Waals surface area (Å²) < 4.78 is 29.7. The first-order valence-electron chi connectivity index (χ1n) is 8.40. The SMILES string of the molecule is CNCC1CCCCN1S(=O)(=O)N(CCC(C)C)C1CC1. The third kappa shape index (κ3) is 4.41. The number of piperidine rings is 1. The largest absolute Gasteiger partial charge is 0.318 e. The Morgan fingerprint density at radius 3 is 2.52 bits per heavy atom. The maximum absolute atomic E-state index is 13.1. The smallest absolute Gasteiger partial charge is 0.282 e. The minimum atomic E-state index is -3.30. The van der Waals surface area contributed by atoms with Crippen molar-refractivity contribution >= 4 is 10.2 Å². The standard InChI is InChI=1S/C15H31N3O2S/c1-13(2)9-11-18(14-7-8-14)21(19,20)17-10-5-4-6-15(17)12-16-3/h13-16H,4-12H2,1-3H3. The van der Waals surface area contributed by atoms with Crippen LogP contribution in [-0.4, -0.2) is 55.8 Å². The van der Waals surface area contributed by atoms with E-state index < -0.39 is 10.2 Å². The lowest BCUT2D eigenvalue weighted by Gasteiger charge is -2.38. The van der Waals surface area contributed by atoms with Gasteiger partial charge in [-0.3, -0.25) is 0 Å². The summed E-state index contributed by atoms with van der Waals surface area (Å²) in [6.07, 6.45) is 6.10. The van der Waals surface area contributed by atoms with E-state index in [1.807, 2.05) is 7.05 Å². The van der Waals surface area contributed by atoms with Crippen LogP contribution >= 0.6 is 0 Å². The molecule has 0 amide bonds. The van der Waals surface area contributed by atoms with Gasteiger partial charge < -0.3 is 5.32 Å². The van der Waals surface area contributed by atoms with Gasteiger partial charge in [-0.1, -0.05) is 20.3 Å². The van der Waals surface area contributed by atoms with Gasteiger partial charge in [-0.2, -0.15) is 17.0 Å². The molecule has 1 saturated carbocycles. The summed E-state index contributed by atoms with van der Waals surface area (Å²) in [4.78, 5) is 0. The predicted molar refractivity (Wildman–Crippen MR) is 86.4 cm³/mol. The molecule has 0 aromatic carbocycles. The third-order valence-electron chi connectivity index (χ3n) is 4.49. The van der Waals surface area contributed by atoms with Gasteiger partial charge in [0.1, 0.15) is 0 Å². The Hall–Kier alpha value is -0.170. The Morgan fingerprint density at radius 1 is 1.24 bits per heavy atom. The molecule has 5 nitrogen and oxygen atoms in total. The number of likely N-dealkylation sites (N-methyl/N-ethyl adjacent to an activating group) is 1. The lowest BCUT2D eigenvalue weighted by molar-refractivity contribution is 0.224. The molecule has 0 radical (unpaired) electrons. The van der Waals surface area contributed by atoms with Crippen LogP contribution in [-0.2, 0) is 10.2 Å². The van der Waals surface area contributed by atoms with E-state index in [4.69, 9.17) is 0 Å². The first-order chi connectivity index (χ1) is 9.96. The molecule has 0 aromatic rings. The molecule has 21 heavy (non-hydrogen) atoms. The molecular weight excluding hydrogens is 286 g/mol. The maximum atomic E-state index is 13.1. The highest BCUT2D eigenvalue weighted by atomic mass is 32.2. The van der Waals surface area contributed by atoms with Crippen molar-refractivity contribution in [3.05, 3.63) is 0 Å². The van der Waals surface area contributed by atoms with E-state index in [1.165, 1.54) is 0 Å². The maximum Gasteiger partial charge on any atom is 0.282 e. The highest BCUT2D eigenvalue weighted by molar-refractivity contribution is 7.86. The summed E-state index contributed by atoms with van der Waals surface area (Å²) in [5, 5.41) is 3.15. The Morgan fingerprint density at radius 2 is 1.95 bits per heavy atom. The highest BCUT2D eigenvalue weighted by Gasteiger charge is 2.42. The molecule has 1 aliphatic carbocycles. The van der Waals surface area contributed by atoms with Crippen LogP contribution in [0.2, 0.25) is 0 Å². The summed E-state index contributed by atoms with van der Waals surface area (Å²) in [7, 11) is -1.40. The lowest BCUT2D eigenvalue weighted by atomic mass is 10.1. The van der Waals surface area contributed by atoms with Gasteiger partial charge >= 0.3 is 0 Å². The van der Waals surface area contributed by atoms with Gasteiger partial charge in [-0.05, 0) is 45.1 Å². The van der Waals surface area contributed by atoms with Crippen LogP contribution in [0.3, 0.4) is 0 Å². The van der Waals surface area contributed by atoms with Gasteiger partial charge in [0, 0.05) is 31.7 Å². The van der Waals surface area contributed by atoms with Gasteiger partial charge in [0.25, 0.3) is 10.2 Å². The van der Waals surface area contributed by atoms with E-state index in [0.29, 0.717) is 19.0 Å². The summed E-state index contributed by atoms with van der Waals surface area (Å²) in [5.41, 5.74) is 0. The average Bonchev–Trinajstić information content (AvgIpc) is 3.24. The van der Waals surface area contributed by atoms with Crippen molar-refractivity contribution in [2.75, 3.05) is 26.7 Å². The lowest BCUT2D eigenvalue weighted by Crippen LogP contribution is -2.54. The number of nitrogens with one attached hydrogen (secondary N) is 1. The van der Waals surface area contributed by atoms with E-state index >= 15 is 0 Å². The Balaban J connectivity index is 2.11. The van der Waals surface area contributed by atoms with E-state index in [1.54, 1.807) is 8.61 Å². The zero-order valence-electron chi connectivity index (χ0n) is 13.7. The molecule has 1 heterocycles. The second kappa shape index (κ2) is 7.40. The van der Waals surface area contributed by atoms with Crippen molar-refractivity contribution in [1.82, 2.24) is 13.9 Å². The number of nitrogens with zero attached hydrogens (tertiary/aromatic N) is 2. The van der Waals surface area contributed by atoms with E-state index in [2.05, 4.69) is 19.2 Å². The van der Waals surface area contributed by atoms with E-state index in [0.717, 1.165) is 45.1 Å². The molecule has 1 saturated heterocycles. The molecule has 6 heteroatoms. The van der Waals surface area contributed by atoms with Crippen molar-refractivity contribution in [1.29, 1.82) is 0 Å². The molecule has 1 aliphatic heterocycles. The fourth-order valence-corrected chi connectivity index (χ4v) is 5.20. The van der Waals surface area contributed by atoms with Crippen molar-refractivity contribution in [3.63, 3.8) is 0 Å². The molecule has 0 aromatic heterocycles. The minimum Gasteiger partial charge on any atom is -0.318 e. The summed E-state index contributed by atoms with van der Waals surface area (Å²) in [6, 6.07) is 0.375. The highest BCUT2D eigenvalue weighted by Crippen LogP contribution is 2.33. The molecule has 124 valence electrons. The molecule has 2 aliphatic rings. The molecule has 1 atom stereocenters. The molecule has 1 unspecified atom stereocenters. The van der Waals surface area contributed by atoms with Crippen LogP contribution in [0.4, 0.5) is 0 Å². The molecule has 2 fully saturated rings. The summed E-state index contributed by atoms with van der Waals surface area (Å²) in [5.74, 6) is 0.538.